The van der Waals surface area contributed by atoms with Crippen LogP contribution in [-0.4, -0.2) is 27.0 Å². The van der Waals surface area contributed by atoms with Crippen molar-refractivity contribution in [2.75, 3.05) is 0 Å². The summed E-state index contributed by atoms with van der Waals surface area (Å²) < 4.78 is 3.14. The van der Waals surface area contributed by atoms with Gasteiger partial charge in [0.1, 0.15) is 0 Å². The van der Waals surface area contributed by atoms with Crippen LogP contribution >= 0.6 is 0 Å². The van der Waals surface area contributed by atoms with E-state index < -0.39 is 6.04 Å². The lowest BCUT2D eigenvalue weighted by atomic mass is 10.1. The van der Waals surface area contributed by atoms with Gasteiger partial charge in [-0.1, -0.05) is 35.9 Å². The third-order valence-electron chi connectivity index (χ3n) is 5.00. The minimum atomic E-state index is -1.24. The largest absolute Gasteiger partial charge is 0.299 e. The van der Waals surface area contributed by atoms with E-state index >= 15 is 0 Å². The van der Waals surface area contributed by atoms with Crippen LogP contribution in [0.4, 0.5) is 5.69 Å². The number of carbonyl (C=O) groups excluding carboxylic acids is 2. The van der Waals surface area contributed by atoms with Crippen LogP contribution in [0.15, 0.2) is 63.6 Å². The SMILES string of the molecule is Cc1ccc2c(c1)C(=O)[C@@H](N=Nc1c(C)n(C)n(-c3ccccc3)c1=O)C2=O. The molecule has 1 atom stereocenters. The number of para-hydroxylation sites is 1. The molecule has 0 radical (unpaired) electrons. The molecule has 1 aliphatic carbocycles. The lowest BCUT2D eigenvalue weighted by molar-refractivity contribution is 0.0890. The fraction of sp³-hybridized carbons (Fsp3) is 0.190. The molecule has 28 heavy (non-hydrogen) atoms. The van der Waals surface area contributed by atoms with Crippen LogP contribution in [0, 0.1) is 13.8 Å². The van der Waals surface area contributed by atoms with Crippen molar-refractivity contribution in [2.24, 2.45) is 17.3 Å². The first-order valence-corrected chi connectivity index (χ1v) is 8.84. The van der Waals surface area contributed by atoms with Gasteiger partial charge in [0.15, 0.2) is 23.3 Å². The molecule has 0 N–H and O–H groups in total. The zero-order valence-corrected chi connectivity index (χ0v) is 15.7. The number of Topliss-reactive ketones (excluding diaryl/α,β-unsaturated/α-hetero) is 2. The third-order valence-corrected chi connectivity index (χ3v) is 5.00. The van der Waals surface area contributed by atoms with Crippen molar-refractivity contribution < 1.29 is 9.59 Å². The van der Waals surface area contributed by atoms with Gasteiger partial charge in [-0.15, -0.1) is 5.11 Å². The van der Waals surface area contributed by atoms with Crippen molar-refractivity contribution >= 4 is 17.3 Å². The number of carbonyl (C=O) groups is 2. The average Bonchev–Trinajstić information content (AvgIpc) is 3.05. The summed E-state index contributed by atoms with van der Waals surface area (Å²) in [5, 5.41) is 8.00. The molecule has 140 valence electrons. The summed E-state index contributed by atoms with van der Waals surface area (Å²) in [5.74, 6) is -0.773. The van der Waals surface area contributed by atoms with E-state index in [1.807, 2.05) is 37.3 Å². The number of rotatable bonds is 3. The monoisotopic (exact) mass is 374 g/mol. The number of hydrogen-bond donors (Lipinski definition) is 0. The second-order valence-electron chi connectivity index (χ2n) is 6.81. The second kappa shape index (κ2) is 6.53. The van der Waals surface area contributed by atoms with E-state index in [-0.39, 0.29) is 22.8 Å². The summed E-state index contributed by atoms with van der Waals surface area (Å²) in [7, 11) is 1.74. The van der Waals surface area contributed by atoms with Crippen LogP contribution in [0.2, 0.25) is 0 Å². The third kappa shape index (κ3) is 2.63. The van der Waals surface area contributed by atoms with E-state index in [9.17, 15) is 14.4 Å². The first-order chi connectivity index (χ1) is 13.4. The molecule has 3 aromatic rings. The number of ketones is 2. The van der Waals surface area contributed by atoms with Crippen molar-refractivity contribution in [3.63, 3.8) is 0 Å². The van der Waals surface area contributed by atoms with E-state index in [4.69, 9.17) is 0 Å². The molecule has 1 aliphatic rings. The Morgan fingerprint density at radius 2 is 1.57 bits per heavy atom. The van der Waals surface area contributed by atoms with E-state index in [0.717, 1.165) is 5.56 Å². The highest BCUT2D eigenvalue weighted by atomic mass is 16.2. The molecule has 0 amide bonds. The predicted octanol–water partition coefficient (Wildman–Crippen LogP) is 3.32. The van der Waals surface area contributed by atoms with Crippen molar-refractivity contribution in [3.05, 3.63) is 81.3 Å². The first kappa shape index (κ1) is 17.8. The highest BCUT2D eigenvalue weighted by molar-refractivity contribution is 6.29. The topological polar surface area (TPSA) is 85.8 Å². The smallest absolute Gasteiger partial charge is 0.291 e. The Hall–Kier alpha value is -3.61. The number of nitrogens with zero attached hydrogens (tertiary/aromatic N) is 4. The number of benzene rings is 2. The zero-order valence-electron chi connectivity index (χ0n) is 15.7. The Kier molecular flexibility index (Phi) is 4.15. The second-order valence-corrected chi connectivity index (χ2v) is 6.81. The van der Waals surface area contributed by atoms with Gasteiger partial charge in [0.2, 0.25) is 0 Å². The maximum absolute atomic E-state index is 12.9. The van der Waals surface area contributed by atoms with Crippen molar-refractivity contribution in [2.45, 2.75) is 19.9 Å². The summed E-state index contributed by atoms with van der Waals surface area (Å²) in [6.07, 6.45) is 0. The van der Waals surface area contributed by atoms with E-state index in [2.05, 4.69) is 10.2 Å². The van der Waals surface area contributed by atoms with Crippen molar-refractivity contribution in [1.82, 2.24) is 9.36 Å². The maximum Gasteiger partial charge on any atom is 0.299 e. The van der Waals surface area contributed by atoms with Gasteiger partial charge in [-0.3, -0.25) is 19.1 Å². The van der Waals surface area contributed by atoms with Crippen molar-refractivity contribution in [3.8, 4) is 5.69 Å². The molecule has 4 rings (SSSR count). The summed E-state index contributed by atoms with van der Waals surface area (Å²) in [6, 6.07) is 13.0. The number of fused-ring (bicyclic) bond motifs is 1. The molecule has 7 heteroatoms. The first-order valence-electron chi connectivity index (χ1n) is 8.84. The minimum absolute atomic E-state index is 0.110. The van der Waals surface area contributed by atoms with Gasteiger partial charge in [-0.25, -0.2) is 4.68 Å². The Bertz CT molecular complexity index is 1200. The van der Waals surface area contributed by atoms with Gasteiger partial charge in [-0.05, 0) is 32.0 Å². The molecule has 0 spiro atoms. The van der Waals surface area contributed by atoms with Gasteiger partial charge < -0.3 is 0 Å². The molecule has 0 saturated heterocycles. The van der Waals surface area contributed by atoms with Crippen LogP contribution in [0.25, 0.3) is 5.69 Å². The molecule has 0 bridgehead atoms. The molecule has 2 aromatic carbocycles. The minimum Gasteiger partial charge on any atom is -0.291 e. The molecule has 1 heterocycles. The predicted molar refractivity (Wildman–Crippen MR) is 104 cm³/mol. The fourth-order valence-corrected chi connectivity index (χ4v) is 3.38. The highest BCUT2D eigenvalue weighted by Gasteiger charge is 2.39. The van der Waals surface area contributed by atoms with Crippen LogP contribution in [0.1, 0.15) is 32.0 Å². The molecule has 0 fully saturated rings. The van der Waals surface area contributed by atoms with E-state index in [0.29, 0.717) is 22.5 Å². The van der Waals surface area contributed by atoms with Gasteiger partial charge >= 0.3 is 0 Å². The summed E-state index contributed by atoms with van der Waals surface area (Å²) in [5.41, 5.74) is 2.63. The lowest BCUT2D eigenvalue weighted by Gasteiger charge is -2.07. The maximum atomic E-state index is 12.9. The molecular formula is C21H18N4O3. The highest BCUT2D eigenvalue weighted by Crippen LogP contribution is 2.27. The molecule has 0 unspecified atom stereocenters. The lowest BCUT2D eigenvalue weighted by Crippen LogP contribution is -2.20. The quantitative estimate of drug-likeness (QED) is 0.520. The van der Waals surface area contributed by atoms with Gasteiger partial charge in [0, 0.05) is 18.2 Å². The molecular weight excluding hydrogens is 356 g/mol. The van der Waals surface area contributed by atoms with Crippen LogP contribution in [0.3, 0.4) is 0 Å². The average molecular weight is 374 g/mol. The van der Waals surface area contributed by atoms with Crippen LogP contribution in [-0.2, 0) is 7.05 Å². The molecule has 1 aromatic heterocycles. The Balaban J connectivity index is 1.73. The van der Waals surface area contributed by atoms with Crippen LogP contribution < -0.4 is 5.56 Å². The Labute approximate surface area is 160 Å². The zero-order chi connectivity index (χ0) is 20.0. The fourth-order valence-electron chi connectivity index (χ4n) is 3.38. The number of hydrogen-bond acceptors (Lipinski definition) is 5. The molecule has 7 nitrogen and oxygen atoms in total. The van der Waals surface area contributed by atoms with Crippen molar-refractivity contribution in [1.29, 1.82) is 0 Å². The van der Waals surface area contributed by atoms with Crippen LogP contribution in [0.5, 0.6) is 0 Å². The summed E-state index contributed by atoms with van der Waals surface area (Å²) >= 11 is 0. The summed E-state index contributed by atoms with van der Waals surface area (Å²) in [4.78, 5) is 38.0. The van der Waals surface area contributed by atoms with Gasteiger partial charge in [0.25, 0.3) is 5.56 Å². The number of aryl methyl sites for hydroxylation is 1. The Morgan fingerprint density at radius 3 is 2.29 bits per heavy atom. The van der Waals surface area contributed by atoms with E-state index in [1.54, 1.807) is 36.9 Å². The normalized spacial score (nSPS) is 16.2. The standard InChI is InChI=1S/C21H18N4O3/c1-12-9-10-15-16(11-12)20(27)18(19(15)26)23-22-17-13(2)24(3)25(21(17)28)14-7-5-4-6-8-14/h4-11,18H,1-3H3/t18-/m0/s1. The summed E-state index contributed by atoms with van der Waals surface area (Å²) in [6.45, 7) is 3.60. The Morgan fingerprint density at radius 1 is 0.893 bits per heavy atom. The molecule has 0 saturated carbocycles. The molecule has 0 aliphatic heterocycles. The number of azo groups is 1. The van der Waals surface area contributed by atoms with Gasteiger partial charge in [-0.2, -0.15) is 5.11 Å². The number of aromatic nitrogens is 2. The van der Waals surface area contributed by atoms with E-state index in [1.165, 1.54) is 4.68 Å². The van der Waals surface area contributed by atoms with Gasteiger partial charge in [0.05, 0.1) is 11.4 Å².